The number of para-hydroxylation sites is 3. The number of esters is 5. The zero-order chi connectivity index (χ0) is 104. The molecule has 6 unspecified atom stereocenters. The maximum atomic E-state index is 14.3. The summed E-state index contributed by atoms with van der Waals surface area (Å²) >= 11 is 0. The van der Waals surface area contributed by atoms with Crippen molar-refractivity contribution in [1.29, 1.82) is 0 Å². The summed E-state index contributed by atoms with van der Waals surface area (Å²) in [6.45, 7) is 18.2. The molecular weight excluding hydrogens is 1960 g/mol. The summed E-state index contributed by atoms with van der Waals surface area (Å²) in [6, 6.07) is 33.2. The summed E-state index contributed by atoms with van der Waals surface area (Å²) in [5, 5.41) is 0. The van der Waals surface area contributed by atoms with Crippen LogP contribution in [0.25, 0.3) is 0 Å². The van der Waals surface area contributed by atoms with Gasteiger partial charge in [0.25, 0.3) is 5.92 Å². The highest BCUT2D eigenvalue weighted by Gasteiger charge is 2.48. The second-order valence-electron chi connectivity index (χ2n) is 41.1. The van der Waals surface area contributed by atoms with Crippen LogP contribution >= 0.6 is 52.3 Å². The third-order valence-electron chi connectivity index (χ3n) is 30.2. The Balaban J connectivity index is 0.000000186. The number of hydrogen-bond donors (Lipinski definition) is 0. The van der Waals surface area contributed by atoms with Crippen molar-refractivity contribution < 1.29 is 102 Å². The number of rotatable bonds is 36. The molecule has 5 aliphatic heterocycles. The van der Waals surface area contributed by atoms with E-state index >= 15 is 0 Å². The van der Waals surface area contributed by atoms with Crippen molar-refractivity contribution in [3.8, 4) is 23.0 Å². The molecule has 145 heavy (non-hydrogen) atoms. The van der Waals surface area contributed by atoms with Crippen molar-refractivity contribution >= 4 is 82.1 Å². The quantitative estimate of drug-likeness (QED) is 0.0104. The molecular formula is C117H165F5O17P6. The van der Waals surface area contributed by atoms with Crippen LogP contribution in [-0.2, 0) is 67.4 Å². The smallest absolute Gasteiger partial charge is 0.416 e. The fourth-order valence-electron chi connectivity index (χ4n) is 22.4. The van der Waals surface area contributed by atoms with E-state index in [9.17, 15) is 45.9 Å². The molecule has 0 amide bonds. The van der Waals surface area contributed by atoms with Crippen LogP contribution in [0.15, 0.2) is 225 Å². The minimum absolute atomic E-state index is 0.0124. The second-order valence-corrected chi connectivity index (χ2v) is 44.6. The van der Waals surface area contributed by atoms with Gasteiger partial charge in [-0.05, 0) is 287 Å². The van der Waals surface area contributed by atoms with Gasteiger partial charge in [-0.15, -0.1) is 0 Å². The van der Waals surface area contributed by atoms with Crippen LogP contribution in [-0.4, -0.2) is 111 Å². The Kier molecular flexibility index (Phi) is 54.7. The SMILES string of the molecule is C=C(CCCCCCC)CC[C@@H]1[C@H]2C/C=C\CCCC(=O)O[C@H]2C[C@H]1C.C[C@@H]1C[C@@H]2OC(=O)CCC/C=C\C[C@@H]2[C@H]1/C=C/C(F)(F)COc1ccccc1.C[C@@H]1C[C@@H]2OC(=O)CCC/C=C\C[C@@H]2[C@H]1/C=C/[C@H](COc1cccc(C(F)(F)F)c1)OPP.C[C@@H]1C[C@@H]2OC(=O)CCC/C=C\C[C@@H]2[C@H]1/C=C/[C@H](COc1ccccc1)OPP.C[C@@H]1C[C@@H]2OC(=O)CCC/C=C\C[C@@H]2[C@H]1CC[C@H](COc1ccccc1)OPP. The van der Waals surface area contributed by atoms with Crippen LogP contribution in [0.4, 0.5) is 22.0 Å². The first-order valence-corrected chi connectivity index (χ1v) is 61.8. The summed E-state index contributed by atoms with van der Waals surface area (Å²) in [4.78, 5) is 60.5. The molecule has 14 rings (SSSR count). The van der Waals surface area contributed by atoms with Gasteiger partial charge in [-0.25, -0.2) is 0 Å². The molecule has 5 aliphatic carbocycles. The molecule has 5 fully saturated rings. The van der Waals surface area contributed by atoms with E-state index in [4.69, 9.17) is 56.2 Å². The molecule has 0 bridgehead atoms. The van der Waals surface area contributed by atoms with E-state index in [1.54, 1.807) is 30.3 Å². The first kappa shape index (κ1) is 120. The number of ether oxygens (including phenoxy) is 9. The lowest BCUT2D eigenvalue weighted by molar-refractivity contribution is -0.152. The third-order valence-corrected chi connectivity index (χ3v) is 32.7. The highest BCUT2D eigenvalue weighted by molar-refractivity contribution is 8.00. The van der Waals surface area contributed by atoms with Crippen LogP contribution in [0.2, 0.25) is 0 Å². The van der Waals surface area contributed by atoms with E-state index in [1.807, 2.05) is 79.7 Å². The Labute approximate surface area is 874 Å². The topological polar surface area (TPSA) is 196 Å². The second kappa shape index (κ2) is 66.1. The molecule has 28 heteroatoms. The molecule has 0 spiro atoms. The number of carbonyl (C=O) groups is 5. The van der Waals surface area contributed by atoms with Crippen molar-refractivity contribution in [3.63, 3.8) is 0 Å². The van der Waals surface area contributed by atoms with E-state index in [2.05, 4.69) is 147 Å². The molecule has 0 aromatic heterocycles. The minimum Gasteiger partial charge on any atom is -0.491 e. The predicted molar refractivity (Wildman–Crippen MR) is 586 cm³/mol. The molecule has 4 aromatic rings. The Morgan fingerprint density at radius 1 is 0.407 bits per heavy atom. The first-order chi connectivity index (χ1) is 70.2. The number of allylic oxidation sites excluding steroid dienone is 14. The maximum Gasteiger partial charge on any atom is 0.416 e. The summed E-state index contributed by atoms with van der Waals surface area (Å²) in [5.41, 5.74) is 0.676. The van der Waals surface area contributed by atoms with E-state index in [0.717, 1.165) is 171 Å². The average Bonchev–Trinajstić information content (AvgIpc) is 1.68. The summed E-state index contributed by atoms with van der Waals surface area (Å²) in [6.07, 6.45) is 61.0. The molecule has 0 radical (unpaired) electrons. The van der Waals surface area contributed by atoms with Crippen molar-refractivity contribution in [1.82, 2.24) is 0 Å². The van der Waals surface area contributed by atoms with E-state index in [0.29, 0.717) is 134 Å². The molecule has 29 atom stereocenters. The van der Waals surface area contributed by atoms with Gasteiger partial charge in [-0.1, -0.05) is 258 Å². The Morgan fingerprint density at radius 3 is 1.16 bits per heavy atom. The lowest BCUT2D eigenvalue weighted by Gasteiger charge is -2.27. The molecule has 0 N–H and O–H groups in total. The van der Waals surface area contributed by atoms with Gasteiger partial charge in [0.05, 0.1) is 11.7 Å². The normalized spacial score (nSPS) is 29.8. The number of benzene rings is 4. The lowest BCUT2D eigenvalue weighted by Crippen LogP contribution is -2.27. The molecule has 5 saturated carbocycles. The zero-order valence-electron chi connectivity index (χ0n) is 86.3. The zero-order valence-corrected chi connectivity index (χ0v) is 92.8. The number of alkyl halides is 5. The van der Waals surface area contributed by atoms with Gasteiger partial charge >= 0.3 is 36.0 Å². The number of carbonyl (C=O) groups excluding carboxylic acids is 5. The van der Waals surface area contributed by atoms with Gasteiger partial charge in [0, 0.05) is 87.2 Å². The van der Waals surface area contributed by atoms with Crippen molar-refractivity contribution in [3.05, 3.63) is 230 Å². The largest absolute Gasteiger partial charge is 0.491 e. The summed E-state index contributed by atoms with van der Waals surface area (Å²) in [7, 11) is 8.62. The Bertz CT molecular complexity index is 4690. The van der Waals surface area contributed by atoms with Crippen molar-refractivity contribution in [2.75, 3.05) is 26.4 Å². The van der Waals surface area contributed by atoms with Crippen LogP contribution in [0, 0.1) is 88.8 Å². The van der Waals surface area contributed by atoms with Gasteiger partial charge in [0.2, 0.25) is 0 Å². The molecule has 0 saturated heterocycles. The predicted octanol–water partition coefficient (Wildman–Crippen LogP) is 30.9. The maximum absolute atomic E-state index is 14.3. The molecule has 5 heterocycles. The minimum atomic E-state index is -4.42. The molecule has 800 valence electrons. The molecule has 4 aromatic carbocycles. The van der Waals surface area contributed by atoms with Crippen LogP contribution in [0.5, 0.6) is 23.0 Å². The van der Waals surface area contributed by atoms with Gasteiger partial charge in [0.15, 0.2) is 6.61 Å². The van der Waals surface area contributed by atoms with Gasteiger partial charge in [0.1, 0.15) is 85.5 Å². The van der Waals surface area contributed by atoms with Gasteiger partial charge in [-0.2, -0.15) is 22.0 Å². The highest BCUT2D eigenvalue weighted by Crippen LogP contribution is 2.50. The van der Waals surface area contributed by atoms with E-state index < -0.39 is 30.4 Å². The van der Waals surface area contributed by atoms with Gasteiger partial charge in [-0.3, -0.25) is 24.0 Å². The van der Waals surface area contributed by atoms with Crippen molar-refractivity contribution in [2.45, 2.75) is 327 Å². The number of hydrogen-bond acceptors (Lipinski definition) is 17. The summed E-state index contributed by atoms with van der Waals surface area (Å²) < 4.78 is 137. The van der Waals surface area contributed by atoms with Crippen molar-refractivity contribution in [2.24, 2.45) is 88.8 Å². The molecule has 17 nitrogen and oxygen atoms in total. The van der Waals surface area contributed by atoms with Crippen LogP contribution < -0.4 is 18.9 Å². The fraction of sp³-hybridized carbons (Fsp3) is 0.598. The highest BCUT2D eigenvalue weighted by atomic mass is 32.0. The van der Waals surface area contributed by atoms with Gasteiger partial charge < -0.3 is 56.2 Å². The number of fused-ring (bicyclic) bond motifs is 5. The summed E-state index contributed by atoms with van der Waals surface area (Å²) in [5.74, 6) is 4.27. The Morgan fingerprint density at radius 2 is 0.759 bits per heavy atom. The monoisotopic (exact) mass is 2120 g/mol. The number of unbranched alkanes of at least 4 members (excludes halogenated alkanes) is 4. The number of halogens is 5. The average molecular weight is 2120 g/mol. The van der Waals surface area contributed by atoms with Crippen LogP contribution in [0.3, 0.4) is 0 Å². The van der Waals surface area contributed by atoms with E-state index in [1.165, 1.54) is 62.7 Å². The fourth-order valence-corrected chi connectivity index (χ4v) is 25.0. The third kappa shape index (κ3) is 43.1. The molecule has 10 aliphatic rings. The van der Waals surface area contributed by atoms with E-state index in [-0.39, 0.29) is 123 Å². The van der Waals surface area contributed by atoms with Crippen LogP contribution in [0.1, 0.15) is 272 Å². The lowest BCUT2D eigenvalue weighted by atomic mass is 9.82. The standard InChI is InChI=1S/C24H31F3O4P2.C24H40O2.C23H28F2O3.C23H34O4P2.C23H32O4P2/c1-16-13-22-21(9-4-2-3-5-10-23(28)30-22)20(16)12-11-19(31-33-32)15-29-18-8-6-7-17(14-18)24(25,26)27;1-4-5-6-7-10-13-19(2)16-17-21-20(3)18-23-22(21)14-11-8-9-12-15-24(25)26-23;1-17-15-21-20(11-7-2-3-8-12-22(26)28-21)19(17)13-14-23(24,25)16-27-18-9-5-4-6-10-18;2*1-17-15-22-21(11-7-2-3-8-12-23(24)26-22)20(17)14-13-19(27-29-28)16-25-18-9-5-4-6-10-18/h2,4,6-8,11-12,14,16,19-22,33H,3,5,9-10,13,15,32H2,1H3;8,11,20-23H,2,4-7,9-10,12-18H2,1,3H3;2,4-7,9-10,13-14,17,19-21H,3,8,11-12,15-16H2,1H3;2,4-7,9-10,17,19-22,29H,3,8,11-16,28H2,1H3;2,4-7,9-10,13-14,17,19-22,29H,3,8,11-12,15-16,28H2,1H3/b4-2-,12-11+;11-8-;7-2-,14-13+;7-2-;7-2-,14-13+/t16-,19-,20+,21-,22+;20-,21+,22-,23+;17-,19+,20-,21+;2*17-,19-,20+,21-,22+/m11111/s1. The Hall–Kier alpha value is -6.80. The first-order valence-electron chi connectivity index (χ1n) is 53.7.